The molecule has 1 N–H and O–H groups in total. The van der Waals surface area contributed by atoms with Gasteiger partial charge in [-0.05, 0) is 24.6 Å². The molecular formula is C13H13NO2. The van der Waals surface area contributed by atoms with Crippen molar-refractivity contribution in [3.05, 3.63) is 29.3 Å². The monoisotopic (exact) mass is 215 g/mol. The van der Waals surface area contributed by atoms with Crippen molar-refractivity contribution in [3.63, 3.8) is 0 Å². The first-order valence-corrected chi connectivity index (χ1v) is 4.99. The molecule has 82 valence electrons. The maximum atomic E-state index is 8.76. The lowest BCUT2D eigenvalue weighted by molar-refractivity contribution is 0.290. The highest BCUT2D eigenvalue weighted by Gasteiger charge is 2.00. The molecule has 0 unspecified atom stereocenters. The fraction of sp³-hybridized carbons (Fsp3) is 0.308. The zero-order valence-corrected chi connectivity index (χ0v) is 9.16. The Hall–Kier alpha value is -1.97. The summed E-state index contributed by atoms with van der Waals surface area (Å²) in [7, 11) is 1.57. The first-order chi connectivity index (χ1) is 7.81. The highest BCUT2D eigenvalue weighted by Crippen LogP contribution is 2.18. The molecule has 16 heavy (non-hydrogen) atoms. The zero-order chi connectivity index (χ0) is 11.8. The fourth-order valence-corrected chi connectivity index (χ4v) is 1.20. The largest absolute Gasteiger partial charge is 0.495 e. The average Bonchev–Trinajstić information content (AvgIpc) is 2.34. The Labute approximate surface area is 95.3 Å². The van der Waals surface area contributed by atoms with Crippen LogP contribution >= 0.6 is 0 Å². The molecule has 0 amide bonds. The van der Waals surface area contributed by atoms with Gasteiger partial charge in [0.1, 0.15) is 5.75 Å². The smallest absolute Gasteiger partial charge is 0.134 e. The number of aliphatic hydroxyl groups is 1. The predicted molar refractivity (Wildman–Crippen MR) is 60.9 cm³/mol. The van der Waals surface area contributed by atoms with E-state index in [4.69, 9.17) is 15.1 Å². The molecule has 0 aliphatic rings. The Morgan fingerprint density at radius 3 is 2.88 bits per heavy atom. The summed E-state index contributed by atoms with van der Waals surface area (Å²) in [5.74, 6) is 6.53. The van der Waals surface area contributed by atoms with Crippen LogP contribution in [0.15, 0.2) is 18.2 Å². The van der Waals surface area contributed by atoms with Crippen LogP contribution < -0.4 is 4.74 Å². The molecule has 0 atom stereocenters. The van der Waals surface area contributed by atoms with Crippen molar-refractivity contribution < 1.29 is 9.84 Å². The molecule has 0 bridgehead atoms. The zero-order valence-electron chi connectivity index (χ0n) is 9.16. The summed E-state index contributed by atoms with van der Waals surface area (Å²) < 4.78 is 5.14. The lowest BCUT2D eigenvalue weighted by atomic mass is 10.1. The third kappa shape index (κ3) is 3.31. The normalized spacial score (nSPS) is 8.81. The van der Waals surface area contributed by atoms with Crippen LogP contribution in [-0.4, -0.2) is 18.8 Å². The van der Waals surface area contributed by atoms with Gasteiger partial charge in [-0.25, -0.2) is 0 Å². The van der Waals surface area contributed by atoms with Crippen LogP contribution in [0.5, 0.6) is 5.75 Å². The second kappa shape index (κ2) is 6.50. The van der Waals surface area contributed by atoms with Crippen molar-refractivity contribution in [1.29, 1.82) is 5.26 Å². The molecule has 0 fully saturated rings. The van der Waals surface area contributed by atoms with Crippen molar-refractivity contribution in [2.24, 2.45) is 0 Å². The molecule has 1 rings (SSSR count). The molecule has 0 aliphatic carbocycles. The first-order valence-electron chi connectivity index (χ1n) is 4.99. The van der Waals surface area contributed by atoms with Gasteiger partial charge < -0.3 is 9.84 Å². The lowest BCUT2D eigenvalue weighted by Gasteiger charge is -2.02. The van der Waals surface area contributed by atoms with E-state index < -0.39 is 0 Å². The summed E-state index contributed by atoms with van der Waals surface area (Å²) in [5, 5.41) is 17.4. The van der Waals surface area contributed by atoms with E-state index in [0.29, 0.717) is 29.7 Å². The summed E-state index contributed by atoms with van der Waals surface area (Å²) in [6.45, 7) is 0.143. The van der Waals surface area contributed by atoms with E-state index in [0.717, 1.165) is 0 Å². The van der Waals surface area contributed by atoms with Gasteiger partial charge in [-0.15, -0.1) is 0 Å². The molecule has 0 spiro atoms. The van der Waals surface area contributed by atoms with Crippen molar-refractivity contribution in [2.45, 2.75) is 12.8 Å². The van der Waals surface area contributed by atoms with Crippen LogP contribution in [0.1, 0.15) is 24.0 Å². The standard InChI is InChI=1S/C13H13NO2/c1-16-13-7-6-11(10-14)9-12(13)5-3-2-4-8-15/h6-7,9,15H,2,4,8H2,1H3. The summed E-state index contributed by atoms with van der Waals surface area (Å²) in [6, 6.07) is 7.18. The molecule has 0 heterocycles. The number of rotatable bonds is 3. The second-order valence-electron chi connectivity index (χ2n) is 3.16. The SMILES string of the molecule is COc1ccc(C#N)cc1C#CCCCO. The molecular weight excluding hydrogens is 202 g/mol. The number of hydrogen-bond donors (Lipinski definition) is 1. The maximum Gasteiger partial charge on any atom is 0.134 e. The molecule has 3 nitrogen and oxygen atoms in total. The van der Waals surface area contributed by atoms with Gasteiger partial charge in [0.05, 0.1) is 24.3 Å². The van der Waals surface area contributed by atoms with E-state index in [9.17, 15) is 0 Å². The van der Waals surface area contributed by atoms with E-state index in [-0.39, 0.29) is 6.61 Å². The predicted octanol–water partition coefficient (Wildman–Crippen LogP) is 1.69. The number of benzene rings is 1. The maximum absolute atomic E-state index is 8.76. The van der Waals surface area contributed by atoms with Gasteiger partial charge in [0, 0.05) is 13.0 Å². The second-order valence-corrected chi connectivity index (χ2v) is 3.16. The topological polar surface area (TPSA) is 53.2 Å². The summed E-state index contributed by atoms with van der Waals surface area (Å²) in [4.78, 5) is 0. The number of unbranched alkanes of at least 4 members (excludes halogenated alkanes) is 1. The van der Waals surface area contributed by atoms with E-state index in [1.165, 1.54) is 0 Å². The Morgan fingerprint density at radius 1 is 1.44 bits per heavy atom. The van der Waals surface area contributed by atoms with Crippen LogP contribution in [0.25, 0.3) is 0 Å². The third-order valence-electron chi connectivity index (χ3n) is 2.01. The fourth-order valence-electron chi connectivity index (χ4n) is 1.20. The summed E-state index contributed by atoms with van der Waals surface area (Å²) in [6.07, 6.45) is 1.30. The number of methoxy groups -OCH3 is 1. The molecule has 0 radical (unpaired) electrons. The van der Waals surface area contributed by atoms with Gasteiger partial charge in [0.2, 0.25) is 0 Å². The molecule has 1 aromatic rings. The van der Waals surface area contributed by atoms with Crippen molar-refractivity contribution in [1.82, 2.24) is 0 Å². The molecule has 1 aromatic carbocycles. The Morgan fingerprint density at radius 2 is 2.25 bits per heavy atom. The van der Waals surface area contributed by atoms with Crippen LogP contribution in [0, 0.1) is 23.2 Å². The van der Waals surface area contributed by atoms with E-state index in [1.807, 2.05) is 0 Å². The average molecular weight is 215 g/mol. The van der Waals surface area contributed by atoms with Gasteiger partial charge in [-0.1, -0.05) is 11.8 Å². The van der Waals surface area contributed by atoms with Crippen LogP contribution in [0.3, 0.4) is 0 Å². The Balaban J connectivity index is 2.90. The van der Waals surface area contributed by atoms with Gasteiger partial charge >= 0.3 is 0 Å². The van der Waals surface area contributed by atoms with Crippen LogP contribution in [0.2, 0.25) is 0 Å². The minimum atomic E-state index is 0.143. The lowest BCUT2D eigenvalue weighted by Crippen LogP contribution is -1.89. The number of ether oxygens (including phenoxy) is 1. The van der Waals surface area contributed by atoms with Gasteiger partial charge in [-0.3, -0.25) is 0 Å². The molecule has 0 aliphatic heterocycles. The first kappa shape index (κ1) is 12.1. The summed E-state index contributed by atoms with van der Waals surface area (Å²) >= 11 is 0. The highest BCUT2D eigenvalue weighted by molar-refractivity contribution is 5.50. The molecule has 3 heteroatoms. The Bertz CT molecular complexity index is 449. The number of aliphatic hydroxyl groups excluding tert-OH is 1. The molecule has 0 aromatic heterocycles. The van der Waals surface area contributed by atoms with Crippen LogP contribution in [-0.2, 0) is 0 Å². The van der Waals surface area contributed by atoms with E-state index in [1.54, 1.807) is 25.3 Å². The van der Waals surface area contributed by atoms with Gasteiger partial charge in [-0.2, -0.15) is 5.26 Å². The Kier molecular flexibility index (Phi) is 4.92. The third-order valence-corrected chi connectivity index (χ3v) is 2.01. The van der Waals surface area contributed by atoms with E-state index in [2.05, 4.69) is 17.9 Å². The number of nitrogens with zero attached hydrogens (tertiary/aromatic N) is 1. The van der Waals surface area contributed by atoms with Crippen molar-refractivity contribution >= 4 is 0 Å². The quantitative estimate of drug-likeness (QED) is 0.616. The molecule has 0 saturated carbocycles. The molecule has 0 saturated heterocycles. The van der Waals surface area contributed by atoms with E-state index >= 15 is 0 Å². The highest BCUT2D eigenvalue weighted by atomic mass is 16.5. The van der Waals surface area contributed by atoms with Crippen molar-refractivity contribution in [3.8, 4) is 23.7 Å². The van der Waals surface area contributed by atoms with Crippen LogP contribution in [0.4, 0.5) is 0 Å². The number of hydrogen-bond acceptors (Lipinski definition) is 3. The van der Waals surface area contributed by atoms with Crippen molar-refractivity contribution in [2.75, 3.05) is 13.7 Å². The summed E-state index contributed by atoms with van der Waals surface area (Å²) in [5.41, 5.74) is 1.27. The van der Waals surface area contributed by atoms with Gasteiger partial charge in [0.15, 0.2) is 0 Å². The number of nitriles is 1. The minimum Gasteiger partial charge on any atom is -0.495 e. The minimum absolute atomic E-state index is 0.143. The van der Waals surface area contributed by atoms with Gasteiger partial charge in [0.25, 0.3) is 0 Å².